The highest BCUT2D eigenvalue weighted by Crippen LogP contribution is 2.38. The molecule has 6 heteroatoms. The molecular weight excluding hydrogens is 370 g/mol. The van der Waals surface area contributed by atoms with Gasteiger partial charge in [0, 0.05) is 24.2 Å². The Bertz CT molecular complexity index is 957. The van der Waals surface area contributed by atoms with Crippen molar-refractivity contribution in [3.8, 4) is 11.4 Å². The highest BCUT2D eigenvalue weighted by molar-refractivity contribution is 6.00. The first-order valence-corrected chi connectivity index (χ1v) is 10.1. The molecule has 2 aromatic heterocycles. The van der Waals surface area contributed by atoms with Crippen molar-refractivity contribution in [1.82, 2.24) is 14.9 Å². The smallest absolute Gasteiger partial charge is 0.107 e. The molecule has 0 aliphatic heterocycles. The van der Waals surface area contributed by atoms with Crippen LogP contribution in [0.2, 0.25) is 0 Å². The lowest BCUT2D eigenvalue weighted by atomic mass is 10.0. The fraction of sp³-hybridized carbons (Fsp3) is 0.435. The van der Waals surface area contributed by atoms with Gasteiger partial charge in [-0.15, -0.1) is 0 Å². The molecule has 4 nitrogen and oxygen atoms in total. The van der Waals surface area contributed by atoms with Crippen molar-refractivity contribution in [2.24, 2.45) is 0 Å². The Morgan fingerprint density at radius 2 is 1.79 bits per heavy atom. The summed E-state index contributed by atoms with van der Waals surface area (Å²) in [7, 11) is 0. The minimum atomic E-state index is -0.774. The Kier molecular flexibility index (Phi) is 6.52. The number of hydrogen-bond acceptors (Lipinski definition) is 3. The first-order valence-electron chi connectivity index (χ1n) is 10.1. The number of pyridine rings is 1. The van der Waals surface area contributed by atoms with Gasteiger partial charge in [-0.05, 0) is 43.0 Å². The maximum Gasteiger partial charge on any atom is 0.107 e. The topological polar surface area (TPSA) is 55.9 Å². The van der Waals surface area contributed by atoms with E-state index in [9.17, 15) is 8.78 Å². The van der Waals surface area contributed by atoms with E-state index in [0.29, 0.717) is 12.5 Å². The Balaban J connectivity index is 2.00. The third-order valence-electron chi connectivity index (χ3n) is 5.29. The minimum absolute atomic E-state index is 0.213. The zero-order chi connectivity index (χ0) is 21.1. The summed E-state index contributed by atoms with van der Waals surface area (Å²) in [6, 6.07) is 9.72. The van der Waals surface area contributed by atoms with Crippen molar-refractivity contribution < 1.29 is 8.78 Å². The van der Waals surface area contributed by atoms with Gasteiger partial charge in [0.05, 0.1) is 28.6 Å². The van der Waals surface area contributed by atoms with E-state index in [1.165, 1.54) is 5.56 Å². The van der Waals surface area contributed by atoms with E-state index in [4.69, 9.17) is 5.73 Å². The summed E-state index contributed by atoms with van der Waals surface area (Å²) < 4.78 is 27.5. The monoisotopic (exact) mass is 400 g/mol. The number of nitrogen functional groups attached to an aromatic ring is 1. The van der Waals surface area contributed by atoms with Gasteiger partial charge >= 0.3 is 0 Å². The van der Waals surface area contributed by atoms with E-state index in [0.717, 1.165) is 33.5 Å². The molecule has 3 aromatic rings. The van der Waals surface area contributed by atoms with Gasteiger partial charge in [0.25, 0.3) is 0 Å². The molecule has 156 valence electrons. The summed E-state index contributed by atoms with van der Waals surface area (Å²) in [4.78, 5) is 4.61. The van der Waals surface area contributed by atoms with Crippen molar-refractivity contribution >= 4 is 16.6 Å². The fourth-order valence-corrected chi connectivity index (χ4v) is 3.59. The first-order chi connectivity index (χ1) is 13.9. The number of nitrogens with zero attached hydrogens (tertiary/aromatic N) is 2. The number of alkyl halides is 2. The molecule has 3 rings (SSSR count). The lowest BCUT2D eigenvalue weighted by Crippen LogP contribution is -2.32. The zero-order valence-electron chi connectivity index (χ0n) is 17.5. The fourth-order valence-electron chi connectivity index (χ4n) is 3.59. The molecule has 0 saturated heterocycles. The van der Waals surface area contributed by atoms with Crippen LogP contribution in [-0.2, 0) is 6.54 Å². The van der Waals surface area contributed by atoms with Gasteiger partial charge in [0.1, 0.15) is 13.3 Å². The normalized spacial score (nSPS) is 12.0. The molecular formula is C23H30F2N4. The summed E-state index contributed by atoms with van der Waals surface area (Å²) in [5, 5.41) is 3.88. The van der Waals surface area contributed by atoms with E-state index in [1.54, 1.807) is 6.20 Å². The Hall–Kier alpha value is -2.47. The number of rotatable bonds is 8. The standard InChI is InChI=1S/C23H30F2N4/c1-14(2)17-6-7-19-21(9-17)29(15(3)4)23(22(19)26)20-8-5-16(13-28-20)12-27-18(10-24)11-25/h5-9,13-15,18,27H,10-12,26H2,1-4H3. The lowest BCUT2D eigenvalue weighted by Gasteiger charge is -2.16. The van der Waals surface area contributed by atoms with Crippen molar-refractivity contribution in [3.05, 3.63) is 47.7 Å². The third kappa shape index (κ3) is 4.27. The van der Waals surface area contributed by atoms with E-state index >= 15 is 0 Å². The first kappa shape index (κ1) is 21.2. The Labute approximate surface area is 171 Å². The molecule has 0 spiro atoms. The highest BCUT2D eigenvalue weighted by Gasteiger charge is 2.20. The number of nitrogens with one attached hydrogen (secondary N) is 1. The molecule has 0 unspecified atom stereocenters. The number of fused-ring (bicyclic) bond motifs is 1. The van der Waals surface area contributed by atoms with Crippen LogP contribution in [0.3, 0.4) is 0 Å². The Morgan fingerprint density at radius 3 is 2.34 bits per heavy atom. The van der Waals surface area contributed by atoms with Gasteiger partial charge in [-0.1, -0.05) is 32.0 Å². The van der Waals surface area contributed by atoms with Crippen LogP contribution in [0.15, 0.2) is 36.5 Å². The summed E-state index contributed by atoms with van der Waals surface area (Å²) in [5.74, 6) is 0.432. The van der Waals surface area contributed by atoms with Crippen molar-refractivity contribution in [3.63, 3.8) is 0 Å². The molecule has 3 N–H and O–H groups in total. The van der Waals surface area contributed by atoms with Crippen LogP contribution in [0.4, 0.5) is 14.5 Å². The highest BCUT2D eigenvalue weighted by atomic mass is 19.1. The summed E-state index contributed by atoms with van der Waals surface area (Å²) in [6.07, 6.45) is 1.73. The second-order valence-electron chi connectivity index (χ2n) is 8.10. The third-order valence-corrected chi connectivity index (χ3v) is 5.29. The predicted octanol–water partition coefficient (Wildman–Crippen LogP) is 5.39. The van der Waals surface area contributed by atoms with Crippen LogP contribution in [0.1, 0.15) is 50.8 Å². The maximum absolute atomic E-state index is 12.7. The molecule has 0 radical (unpaired) electrons. The SMILES string of the molecule is CC(C)c1ccc2c(N)c(-c3ccc(CNC(CF)CF)cn3)n(C(C)C)c2c1. The van der Waals surface area contributed by atoms with Gasteiger partial charge < -0.3 is 15.6 Å². The van der Waals surface area contributed by atoms with Gasteiger partial charge in [-0.2, -0.15) is 0 Å². The number of halogens is 2. The molecule has 0 atom stereocenters. The van der Waals surface area contributed by atoms with E-state index in [2.05, 4.69) is 60.8 Å². The second-order valence-corrected chi connectivity index (χ2v) is 8.10. The number of aromatic nitrogens is 2. The van der Waals surface area contributed by atoms with Crippen LogP contribution in [0.25, 0.3) is 22.3 Å². The van der Waals surface area contributed by atoms with Gasteiger partial charge in [0.15, 0.2) is 0 Å². The lowest BCUT2D eigenvalue weighted by molar-refractivity contribution is 0.307. The molecule has 0 aliphatic carbocycles. The molecule has 29 heavy (non-hydrogen) atoms. The number of benzene rings is 1. The number of anilines is 1. The molecule has 0 saturated carbocycles. The van der Waals surface area contributed by atoms with E-state index in [1.807, 2.05) is 12.1 Å². The van der Waals surface area contributed by atoms with Crippen molar-refractivity contribution in [2.75, 3.05) is 19.1 Å². The van der Waals surface area contributed by atoms with Crippen LogP contribution < -0.4 is 11.1 Å². The summed E-state index contributed by atoms with van der Waals surface area (Å²) >= 11 is 0. The van der Waals surface area contributed by atoms with Crippen LogP contribution >= 0.6 is 0 Å². The molecule has 2 heterocycles. The summed E-state index contributed by atoms with van der Waals surface area (Å²) in [6.45, 7) is 7.54. The number of hydrogen-bond donors (Lipinski definition) is 2. The largest absolute Gasteiger partial charge is 0.396 e. The molecule has 0 fully saturated rings. The van der Waals surface area contributed by atoms with Gasteiger partial charge in [-0.3, -0.25) is 4.98 Å². The van der Waals surface area contributed by atoms with Gasteiger partial charge in [-0.25, -0.2) is 8.78 Å². The van der Waals surface area contributed by atoms with Crippen LogP contribution in [0, 0.1) is 0 Å². The van der Waals surface area contributed by atoms with Crippen molar-refractivity contribution in [1.29, 1.82) is 0 Å². The second kappa shape index (κ2) is 8.91. The van der Waals surface area contributed by atoms with Crippen LogP contribution in [-0.4, -0.2) is 28.9 Å². The number of nitrogens with two attached hydrogens (primary N) is 1. The van der Waals surface area contributed by atoms with E-state index in [-0.39, 0.29) is 6.04 Å². The van der Waals surface area contributed by atoms with Gasteiger partial charge in [0.2, 0.25) is 0 Å². The molecule has 0 aliphatic rings. The van der Waals surface area contributed by atoms with Crippen LogP contribution in [0.5, 0.6) is 0 Å². The zero-order valence-corrected chi connectivity index (χ0v) is 17.5. The summed E-state index contributed by atoms with van der Waals surface area (Å²) in [5.41, 5.74) is 12.2. The molecule has 1 aromatic carbocycles. The maximum atomic E-state index is 12.7. The predicted molar refractivity (Wildman–Crippen MR) is 117 cm³/mol. The molecule has 0 bridgehead atoms. The minimum Gasteiger partial charge on any atom is -0.396 e. The average Bonchev–Trinajstić information content (AvgIpc) is 3.01. The quantitative estimate of drug-likeness (QED) is 0.533. The molecule has 0 amide bonds. The average molecular weight is 401 g/mol. The Morgan fingerprint density at radius 1 is 1.07 bits per heavy atom. The van der Waals surface area contributed by atoms with E-state index < -0.39 is 19.4 Å². The van der Waals surface area contributed by atoms with Crippen molar-refractivity contribution in [2.45, 2.75) is 52.2 Å².